The highest BCUT2D eigenvalue weighted by Gasteiger charge is 2.22. The summed E-state index contributed by atoms with van der Waals surface area (Å²) in [7, 11) is 0. The Morgan fingerprint density at radius 2 is 0.466 bits per heavy atom. The van der Waals surface area contributed by atoms with Crippen molar-refractivity contribution in [1.29, 1.82) is 0 Å². The SMILES string of the molecule is c1ccc2c(c1)c1ccccc1n2-c1ccc2c3ccccc3n(-c3ccc(-n4c5ccccc5c5ccccc54)c(-n4c5ccccc5c5ccccc54)c3)c2c1. The number of para-hydroxylation sites is 7. The van der Waals surface area contributed by atoms with E-state index in [9.17, 15) is 0 Å². The van der Waals surface area contributed by atoms with Gasteiger partial charge in [-0.05, 0) is 72.8 Å². The van der Waals surface area contributed by atoms with Crippen LogP contribution in [-0.2, 0) is 0 Å². The van der Waals surface area contributed by atoms with Crippen LogP contribution in [0.1, 0.15) is 0 Å². The quantitative estimate of drug-likeness (QED) is 0.171. The molecule has 4 aromatic heterocycles. The van der Waals surface area contributed by atoms with E-state index in [1.807, 2.05) is 0 Å². The molecule has 4 nitrogen and oxygen atoms in total. The molecule has 0 unspecified atom stereocenters. The summed E-state index contributed by atoms with van der Waals surface area (Å²) >= 11 is 0. The molecule has 0 amide bonds. The maximum Gasteiger partial charge on any atom is 0.0723 e. The van der Waals surface area contributed by atoms with Crippen LogP contribution in [0.3, 0.4) is 0 Å². The molecule has 4 heteroatoms. The van der Waals surface area contributed by atoms with Crippen molar-refractivity contribution in [3.05, 3.63) is 206 Å². The van der Waals surface area contributed by atoms with Crippen molar-refractivity contribution >= 4 is 87.2 Å². The van der Waals surface area contributed by atoms with Gasteiger partial charge < -0.3 is 18.3 Å². The molecule has 13 rings (SSSR count). The average molecular weight is 739 g/mol. The standard InChI is InChI=1S/C54H34N4/c1-8-22-45-37(15-1)38-16-2-9-23-46(38)55(45)35-29-31-44-43-21-3-10-24-47(43)56(53(44)33-35)36-30-32-52(57-48-25-11-4-17-39(48)40-18-5-12-26-49(40)57)54(34-36)58-50-27-13-6-19-41(50)42-20-7-14-28-51(42)58/h1-34H. The summed E-state index contributed by atoms with van der Waals surface area (Å²) < 4.78 is 9.82. The lowest BCUT2D eigenvalue weighted by Gasteiger charge is -2.19. The van der Waals surface area contributed by atoms with Crippen molar-refractivity contribution in [3.63, 3.8) is 0 Å². The van der Waals surface area contributed by atoms with Crippen LogP contribution in [0.4, 0.5) is 0 Å². The van der Waals surface area contributed by atoms with Crippen LogP contribution >= 0.6 is 0 Å². The molecule has 13 aromatic rings. The second-order valence-electron chi connectivity index (χ2n) is 15.3. The van der Waals surface area contributed by atoms with E-state index in [1.54, 1.807) is 0 Å². The zero-order valence-electron chi connectivity index (χ0n) is 31.4. The van der Waals surface area contributed by atoms with Crippen LogP contribution in [0, 0.1) is 0 Å². The number of rotatable bonds is 4. The van der Waals surface area contributed by atoms with E-state index in [4.69, 9.17) is 0 Å². The third-order valence-corrected chi connectivity index (χ3v) is 12.4. The summed E-state index contributed by atoms with van der Waals surface area (Å²) in [6.45, 7) is 0. The fourth-order valence-electron chi connectivity index (χ4n) is 9.96. The first-order valence-electron chi connectivity index (χ1n) is 20.0. The Morgan fingerprint density at radius 1 is 0.190 bits per heavy atom. The molecule has 0 saturated heterocycles. The zero-order valence-corrected chi connectivity index (χ0v) is 31.4. The number of aromatic nitrogens is 4. The predicted octanol–water partition coefficient (Wildman–Crippen LogP) is 14.1. The molecular formula is C54H34N4. The predicted molar refractivity (Wildman–Crippen MR) is 244 cm³/mol. The van der Waals surface area contributed by atoms with Crippen molar-refractivity contribution in [1.82, 2.24) is 18.3 Å². The van der Waals surface area contributed by atoms with Crippen LogP contribution in [0.15, 0.2) is 206 Å². The fourth-order valence-corrected chi connectivity index (χ4v) is 9.96. The van der Waals surface area contributed by atoms with E-state index in [0.717, 1.165) is 22.7 Å². The highest BCUT2D eigenvalue weighted by molar-refractivity contribution is 6.14. The molecule has 58 heavy (non-hydrogen) atoms. The third kappa shape index (κ3) is 4.23. The van der Waals surface area contributed by atoms with Gasteiger partial charge in [-0.15, -0.1) is 0 Å². The van der Waals surface area contributed by atoms with Crippen LogP contribution in [0.25, 0.3) is 110 Å². The van der Waals surface area contributed by atoms with E-state index >= 15 is 0 Å². The minimum atomic E-state index is 1.10. The Kier molecular flexibility index (Phi) is 6.41. The van der Waals surface area contributed by atoms with Crippen LogP contribution in [-0.4, -0.2) is 18.3 Å². The van der Waals surface area contributed by atoms with Crippen LogP contribution < -0.4 is 0 Å². The lowest BCUT2D eigenvalue weighted by atomic mass is 10.1. The van der Waals surface area contributed by atoms with Gasteiger partial charge in [-0.2, -0.15) is 0 Å². The summed E-state index contributed by atoms with van der Waals surface area (Å²) in [6.07, 6.45) is 0. The van der Waals surface area contributed by atoms with Gasteiger partial charge in [0.05, 0.1) is 55.5 Å². The van der Waals surface area contributed by atoms with Crippen LogP contribution in [0.2, 0.25) is 0 Å². The molecule has 0 atom stereocenters. The molecule has 4 heterocycles. The van der Waals surface area contributed by atoms with E-state index in [1.165, 1.54) is 87.2 Å². The first-order valence-corrected chi connectivity index (χ1v) is 20.0. The Morgan fingerprint density at radius 3 is 0.862 bits per heavy atom. The molecule has 0 aliphatic rings. The molecular weight excluding hydrogens is 705 g/mol. The van der Waals surface area contributed by atoms with Gasteiger partial charge in [-0.3, -0.25) is 0 Å². The molecule has 9 aromatic carbocycles. The van der Waals surface area contributed by atoms with Crippen LogP contribution in [0.5, 0.6) is 0 Å². The molecule has 0 N–H and O–H groups in total. The summed E-state index contributed by atoms with van der Waals surface area (Å²) in [5, 5.41) is 9.95. The zero-order chi connectivity index (χ0) is 37.9. The first kappa shape index (κ1) is 31.4. The van der Waals surface area contributed by atoms with Gasteiger partial charge in [-0.25, -0.2) is 0 Å². The smallest absolute Gasteiger partial charge is 0.0723 e. The summed E-state index contributed by atoms with van der Waals surface area (Å²) in [5.41, 5.74) is 14.0. The first-order chi connectivity index (χ1) is 28.8. The van der Waals surface area contributed by atoms with Crippen molar-refractivity contribution in [2.45, 2.75) is 0 Å². The Bertz CT molecular complexity index is 3650. The van der Waals surface area contributed by atoms with E-state index in [2.05, 4.69) is 225 Å². The van der Waals surface area contributed by atoms with Gasteiger partial charge in [0.15, 0.2) is 0 Å². The van der Waals surface area contributed by atoms with E-state index < -0.39 is 0 Å². The highest BCUT2D eigenvalue weighted by atomic mass is 15.1. The second-order valence-corrected chi connectivity index (χ2v) is 15.3. The van der Waals surface area contributed by atoms with E-state index in [0.29, 0.717) is 0 Å². The maximum atomic E-state index is 2.48. The summed E-state index contributed by atoms with van der Waals surface area (Å²) in [6, 6.07) is 75.6. The van der Waals surface area contributed by atoms with Gasteiger partial charge in [0.2, 0.25) is 0 Å². The van der Waals surface area contributed by atoms with Gasteiger partial charge >= 0.3 is 0 Å². The average Bonchev–Trinajstić information content (AvgIpc) is 4.01. The molecule has 0 aliphatic carbocycles. The van der Waals surface area contributed by atoms with Gasteiger partial charge in [-0.1, -0.05) is 133 Å². The fraction of sp³-hybridized carbons (Fsp3) is 0. The molecule has 0 fully saturated rings. The van der Waals surface area contributed by atoms with Gasteiger partial charge in [0.1, 0.15) is 0 Å². The number of benzene rings is 9. The summed E-state index contributed by atoms with van der Waals surface area (Å²) in [4.78, 5) is 0. The number of hydrogen-bond donors (Lipinski definition) is 0. The summed E-state index contributed by atoms with van der Waals surface area (Å²) in [5.74, 6) is 0. The lowest BCUT2D eigenvalue weighted by Crippen LogP contribution is -2.05. The topological polar surface area (TPSA) is 19.7 Å². The largest absolute Gasteiger partial charge is 0.309 e. The number of hydrogen-bond acceptors (Lipinski definition) is 0. The van der Waals surface area contributed by atoms with Crippen molar-refractivity contribution in [3.8, 4) is 22.7 Å². The normalized spacial score (nSPS) is 12.1. The Hall–Kier alpha value is -7.82. The minimum Gasteiger partial charge on any atom is -0.309 e. The van der Waals surface area contributed by atoms with Gasteiger partial charge in [0.25, 0.3) is 0 Å². The number of nitrogens with zero attached hydrogens (tertiary/aromatic N) is 4. The molecule has 0 radical (unpaired) electrons. The minimum absolute atomic E-state index is 1.10. The molecule has 0 aliphatic heterocycles. The molecule has 0 saturated carbocycles. The Balaban J connectivity index is 1.15. The molecule has 0 bridgehead atoms. The van der Waals surface area contributed by atoms with Crippen molar-refractivity contribution in [2.75, 3.05) is 0 Å². The Labute approximate surface area is 333 Å². The maximum absolute atomic E-state index is 2.48. The third-order valence-electron chi connectivity index (χ3n) is 12.4. The number of fused-ring (bicyclic) bond motifs is 12. The molecule has 0 spiro atoms. The van der Waals surface area contributed by atoms with Gasteiger partial charge in [0, 0.05) is 54.5 Å². The second kappa shape index (κ2) is 11.8. The van der Waals surface area contributed by atoms with Crippen molar-refractivity contribution < 1.29 is 0 Å². The monoisotopic (exact) mass is 738 g/mol. The lowest BCUT2D eigenvalue weighted by molar-refractivity contribution is 1.08. The van der Waals surface area contributed by atoms with Crippen molar-refractivity contribution in [2.24, 2.45) is 0 Å². The van der Waals surface area contributed by atoms with E-state index in [-0.39, 0.29) is 0 Å². The highest BCUT2D eigenvalue weighted by Crippen LogP contribution is 2.41. The molecule has 270 valence electrons.